The Morgan fingerprint density at radius 3 is 2.70 bits per heavy atom. The molecule has 1 aromatic carbocycles. The lowest BCUT2D eigenvalue weighted by molar-refractivity contribution is -0.197. The first-order valence-corrected chi connectivity index (χ1v) is 18.2. The Morgan fingerprint density at radius 1 is 1.21 bits per heavy atom. The van der Waals surface area contributed by atoms with E-state index >= 15 is 0 Å². The fourth-order valence-electron chi connectivity index (χ4n) is 10.5. The van der Waals surface area contributed by atoms with Crippen molar-refractivity contribution < 1.29 is 15.3 Å². The van der Waals surface area contributed by atoms with E-state index in [4.69, 9.17) is 10.1 Å². The number of fused-ring (bicyclic) bond motifs is 7. The van der Waals surface area contributed by atoms with Gasteiger partial charge in [-0.1, -0.05) is 67.6 Å². The first-order valence-electron chi connectivity index (χ1n) is 17.2. The molecule has 47 heavy (non-hydrogen) atoms. The van der Waals surface area contributed by atoms with Crippen molar-refractivity contribution in [3.05, 3.63) is 77.2 Å². The van der Waals surface area contributed by atoms with Gasteiger partial charge in [-0.2, -0.15) is 5.10 Å². The van der Waals surface area contributed by atoms with Gasteiger partial charge in [0.2, 0.25) is 0 Å². The van der Waals surface area contributed by atoms with Crippen LogP contribution in [0.5, 0.6) is 0 Å². The molecule has 0 bridgehead atoms. The van der Waals surface area contributed by atoms with Gasteiger partial charge in [0, 0.05) is 18.2 Å². The highest BCUT2D eigenvalue weighted by atomic mass is 32.2. The molecule has 8 atom stereocenters. The number of imidazole rings is 1. The molecule has 2 heterocycles. The molecule has 4 aliphatic carbocycles. The summed E-state index contributed by atoms with van der Waals surface area (Å²) in [4.78, 5) is 4.77. The smallest absolute Gasteiger partial charge is 0.168 e. The summed E-state index contributed by atoms with van der Waals surface area (Å²) < 4.78 is 4.12. The number of rotatable bonds is 7. The van der Waals surface area contributed by atoms with E-state index < -0.39 is 23.2 Å². The molecule has 3 aromatic rings. The molecule has 3 fully saturated rings. The molecule has 8 unspecified atom stereocenters. The third-order valence-corrected chi connectivity index (χ3v) is 13.8. The molecular weight excluding hydrogens is 605 g/mol. The van der Waals surface area contributed by atoms with Crippen molar-refractivity contribution in [2.24, 2.45) is 35.6 Å². The number of aryl methyl sites for hydroxylation is 1. The van der Waals surface area contributed by atoms with Crippen LogP contribution in [0.1, 0.15) is 78.0 Å². The lowest BCUT2D eigenvalue weighted by atomic mass is 9.45. The van der Waals surface area contributed by atoms with Crippen molar-refractivity contribution in [1.82, 2.24) is 19.3 Å². The van der Waals surface area contributed by atoms with Crippen molar-refractivity contribution in [2.75, 3.05) is 5.75 Å². The van der Waals surface area contributed by atoms with Crippen molar-refractivity contribution in [1.29, 1.82) is 0 Å². The highest BCUT2D eigenvalue weighted by molar-refractivity contribution is 7.99. The first-order chi connectivity index (χ1) is 22.3. The van der Waals surface area contributed by atoms with Crippen LogP contribution in [0.3, 0.4) is 0 Å². The first kappa shape index (κ1) is 32.6. The van der Waals surface area contributed by atoms with Crippen LogP contribution in [-0.2, 0) is 13.5 Å². The van der Waals surface area contributed by atoms with E-state index in [1.165, 1.54) is 22.9 Å². The molecule has 0 aliphatic heterocycles. The predicted molar refractivity (Wildman–Crippen MR) is 191 cm³/mol. The molecule has 0 spiro atoms. The highest BCUT2D eigenvalue weighted by Crippen LogP contribution is 2.68. The molecule has 0 saturated heterocycles. The van der Waals surface area contributed by atoms with E-state index in [9.17, 15) is 15.3 Å². The quantitative estimate of drug-likeness (QED) is 0.184. The number of aliphatic hydroxyl groups is 3. The van der Waals surface area contributed by atoms with E-state index in [-0.39, 0.29) is 23.2 Å². The minimum atomic E-state index is -1.27. The van der Waals surface area contributed by atoms with Gasteiger partial charge in [0.1, 0.15) is 0 Å². The second-order valence-electron chi connectivity index (χ2n) is 15.3. The zero-order valence-corrected chi connectivity index (χ0v) is 29.5. The minimum Gasteiger partial charge on any atom is -0.393 e. The normalized spacial score (nSPS) is 34.4. The summed E-state index contributed by atoms with van der Waals surface area (Å²) in [5.74, 6) is 0.968. The van der Waals surface area contributed by atoms with Crippen LogP contribution >= 0.6 is 11.8 Å². The maximum Gasteiger partial charge on any atom is 0.168 e. The van der Waals surface area contributed by atoms with Gasteiger partial charge in [0.05, 0.1) is 46.4 Å². The molecule has 8 heteroatoms. The summed E-state index contributed by atoms with van der Waals surface area (Å²) in [7, 11) is 2.00. The van der Waals surface area contributed by atoms with Gasteiger partial charge in [0.25, 0.3) is 0 Å². The summed E-state index contributed by atoms with van der Waals surface area (Å²) in [6.07, 6.45) is 11.8. The monoisotopic (exact) mass is 654 g/mol. The lowest BCUT2D eigenvalue weighted by Gasteiger charge is -2.61. The van der Waals surface area contributed by atoms with Crippen molar-refractivity contribution in [2.45, 2.75) is 96.1 Å². The van der Waals surface area contributed by atoms with Gasteiger partial charge >= 0.3 is 0 Å². The SMILES string of the molecule is C=C(C)C=C(C)C(=CC)n1ncc2c1C=C1CCC3C(C(O)CC4(C)C3CCC4(O)C(O)CSc3nc4ccccc4n3C)C1(C)C2. The topological polar surface area (TPSA) is 96.3 Å². The Kier molecular flexibility index (Phi) is 8.06. The van der Waals surface area contributed by atoms with Crippen molar-refractivity contribution in [3.63, 3.8) is 0 Å². The number of para-hydroxylation sites is 2. The van der Waals surface area contributed by atoms with Crippen LogP contribution in [0, 0.1) is 28.6 Å². The minimum absolute atomic E-state index is 0.0946. The molecule has 250 valence electrons. The van der Waals surface area contributed by atoms with Gasteiger partial charge in [0.15, 0.2) is 5.16 Å². The molecule has 7 nitrogen and oxygen atoms in total. The Hall–Kier alpha value is -2.91. The zero-order valence-electron chi connectivity index (χ0n) is 28.7. The van der Waals surface area contributed by atoms with Gasteiger partial charge in [-0.25, -0.2) is 9.67 Å². The van der Waals surface area contributed by atoms with Gasteiger partial charge < -0.3 is 19.9 Å². The van der Waals surface area contributed by atoms with Crippen molar-refractivity contribution in [3.8, 4) is 0 Å². The number of nitrogens with zero attached hydrogens (tertiary/aromatic N) is 4. The average Bonchev–Trinajstić information content (AvgIpc) is 3.65. The summed E-state index contributed by atoms with van der Waals surface area (Å²) in [6.45, 7) is 14.7. The van der Waals surface area contributed by atoms with E-state index in [2.05, 4.69) is 61.8 Å². The summed E-state index contributed by atoms with van der Waals surface area (Å²) >= 11 is 1.50. The van der Waals surface area contributed by atoms with Crippen LogP contribution in [0.4, 0.5) is 0 Å². The molecule has 7 rings (SSSR count). The molecule has 0 amide bonds. The summed E-state index contributed by atoms with van der Waals surface area (Å²) in [5.41, 5.74) is 6.93. The number of hydrogen-bond donors (Lipinski definition) is 3. The molecular formula is C39H50N4O3S. The largest absolute Gasteiger partial charge is 0.393 e. The Morgan fingerprint density at radius 2 is 1.98 bits per heavy atom. The fraction of sp³-hybridized carbons (Fsp3) is 0.538. The molecule has 4 aliphatic rings. The van der Waals surface area contributed by atoms with Crippen LogP contribution in [0.2, 0.25) is 0 Å². The number of allylic oxidation sites excluding steroid dienone is 6. The second kappa shape index (κ2) is 11.6. The molecule has 3 N–H and O–H groups in total. The van der Waals surface area contributed by atoms with Gasteiger partial charge in [-0.3, -0.25) is 0 Å². The van der Waals surface area contributed by atoms with E-state index in [1.54, 1.807) is 0 Å². The zero-order chi connectivity index (χ0) is 33.5. The van der Waals surface area contributed by atoms with Crippen LogP contribution in [-0.4, -0.2) is 58.2 Å². The Bertz CT molecular complexity index is 1830. The average molecular weight is 655 g/mol. The van der Waals surface area contributed by atoms with Crippen molar-refractivity contribution >= 4 is 34.6 Å². The third-order valence-electron chi connectivity index (χ3n) is 12.7. The third kappa shape index (κ3) is 4.88. The van der Waals surface area contributed by atoms with Crippen LogP contribution in [0.15, 0.2) is 71.1 Å². The van der Waals surface area contributed by atoms with Crippen LogP contribution in [0.25, 0.3) is 22.8 Å². The van der Waals surface area contributed by atoms with Gasteiger partial charge in [-0.15, -0.1) is 0 Å². The van der Waals surface area contributed by atoms with E-state index in [0.717, 1.165) is 64.4 Å². The van der Waals surface area contributed by atoms with E-state index in [0.29, 0.717) is 18.6 Å². The molecule has 3 saturated carbocycles. The fourth-order valence-corrected chi connectivity index (χ4v) is 11.5. The van der Waals surface area contributed by atoms with Crippen LogP contribution < -0.4 is 0 Å². The maximum atomic E-state index is 12.4. The second-order valence-corrected chi connectivity index (χ2v) is 16.3. The van der Waals surface area contributed by atoms with E-state index in [1.807, 2.05) is 44.4 Å². The summed E-state index contributed by atoms with van der Waals surface area (Å²) in [5, 5.41) is 41.9. The Labute approximate surface area is 283 Å². The molecule has 0 radical (unpaired) electrons. The number of thioether (sulfide) groups is 1. The lowest BCUT2D eigenvalue weighted by Crippen LogP contribution is -2.63. The predicted octanol–water partition coefficient (Wildman–Crippen LogP) is 7.19. The van der Waals surface area contributed by atoms with Gasteiger partial charge in [-0.05, 0) is 112 Å². The summed E-state index contributed by atoms with van der Waals surface area (Å²) in [6, 6.07) is 8.03. The highest BCUT2D eigenvalue weighted by Gasteiger charge is 2.68. The number of hydrogen-bond acceptors (Lipinski definition) is 6. The molecule has 2 aromatic heterocycles. The maximum absolute atomic E-state index is 12.4. The number of aromatic nitrogens is 4. The number of benzene rings is 1. The standard InChI is InChI=1S/C39H50N4O3S/c1-8-30(24(4)17-23(2)3)43-32-18-26-13-14-27-28-15-16-39(46,34(45)22-47-36-41-29-11-9-10-12-31(29)42(36)7)38(28,6)20-33(44)35(27)37(26,5)19-25(32)21-40-43/h8-12,17-18,21,27-28,33-35,44-46H,2,13-16,19-20,22H2,1,3-7H3. The Balaban J connectivity index is 1.13. The number of aliphatic hydroxyl groups excluding tert-OH is 2.